The van der Waals surface area contributed by atoms with E-state index in [4.69, 9.17) is 5.73 Å². The molecule has 0 saturated heterocycles. The Kier molecular flexibility index (Phi) is 3.65. The fourth-order valence-corrected chi connectivity index (χ4v) is 1.65. The van der Waals surface area contributed by atoms with Gasteiger partial charge in [-0.3, -0.25) is 4.79 Å². The topological polar surface area (TPSA) is 55.1 Å². The van der Waals surface area contributed by atoms with E-state index < -0.39 is 28.9 Å². The molecule has 0 saturated carbocycles. The highest BCUT2D eigenvalue weighted by atomic mass is 19.1. The van der Waals surface area contributed by atoms with Gasteiger partial charge in [0.05, 0.1) is 16.9 Å². The van der Waals surface area contributed by atoms with Crippen molar-refractivity contribution >= 4 is 17.3 Å². The van der Waals surface area contributed by atoms with Gasteiger partial charge in [-0.1, -0.05) is 6.07 Å². The summed E-state index contributed by atoms with van der Waals surface area (Å²) in [5, 5.41) is 2.21. The first-order chi connectivity index (χ1) is 9.38. The van der Waals surface area contributed by atoms with Gasteiger partial charge in [-0.15, -0.1) is 0 Å². The molecule has 0 unspecified atom stereocenters. The SMILES string of the molecule is Cc1ccc(NC(=O)c2cc(N)c(F)cc2F)c(F)c1. The third-order valence-corrected chi connectivity index (χ3v) is 2.70. The van der Waals surface area contributed by atoms with E-state index in [1.165, 1.54) is 12.1 Å². The van der Waals surface area contributed by atoms with E-state index in [0.717, 1.165) is 6.07 Å². The Bertz CT molecular complexity index is 686. The maximum Gasteiger partial charge on any atom is 0.258 e. The van der Waals surface area contributed by atoms with Crippen molar-refractivity contribution in [2.45, 2.75) is 6.92 Å². The first-order valence-electron chi connectivity index (χ1n) is 5.70. The monoisotopic (exact) mass is 280 g/mol. The number of amides is 1. The molecule has 0 radical (unpaired) electrons. The van der Waals surface area contributed by atoms with Crippen LogP contribution >= 0.6 is 0 Å². The molecule has 2 rings (SSSR count). The van der Waals surface area contributed by atoms with E-state index in [0.29, 0.717) is 11.6 Å². The number of halogens is 3. The lowest BCUT2D eigenvalue weighted by Crippen LogP contribution is -2.15. The molecule has 1 amide bonds. The van der Waals surface area contributed by atoms with Crippen molar-refractivity contribution in [3.05, 3.63) is 58.9 Å². The summed E-state index contributed by atoms with van der Waals surface area (Å²) in [7, 11) is 0. The molecule has 104 valence electrons. The Hall–Kier alpha value is -2.50. The number of aryl methyl sites for hydroxylation is 1. The number of rotatable bonds is 2. The van der Waals surface area contributed by atoms with Crippen LogP contribution in [0.4, 0.5) is 24.5 Å². The molecule has 0 aromatic heterocycles. The van der Waals surface area contributed by atoms with E-state index in [9.17, 15) is 18.0 Å². The molecule has 0 aliphatic heterocycles. The minimum Gasteiger partial charge on any atom is -0.396 e. The van der Waals surface area contributed by atoms with Crippen molar-refractivity contribution in [3.8, 4) is 0 Å². The van der Waals surface area contributed by atoms with Gasteiger partial charge in [0.1, 0.15) is 17.5 Å². The van der Waals surface area contributed by atoms with Gasteiger partial charge in [0.25, 0.3) is 5.91 Å². The number of nitrogens with two attached hydrogens (primary N) is 1. The molecule has 0 bridgehead atoms. The van der Waals surface area contributed by atoms with Crippen LogP contribution in [-0.2, 0) is 0 Å². The molecule has 3 nitrogen and oxygen atoms in total. The maximum absolute atomic E-state index is 13.6. The summed E-state index contributed by atoms with van der Waals surface area (Å²) in [6.45, 7) is 1.69. The third kappa shape index (κ3) is 2.74. The minimum absolute atomic E-state index is 0.0945. The van der Waals surface area contributed by atoms with Gasteiger partial charge in [0.2, 0.25) is 0 Å². The second kappa shape index (κ2) is 5.24. The first-order valence-corrected chi connectivity index (χ1v) is 5.70. The molecule has 2 aromatic rings. The van der Waals surface area contributed by atoms with Gasteiger partial charge in [0.15, 0.2) is 0 Å². The molecule has 0 atom stereocenters. The summed E-state index contributed by atoms with van der Waals surface area (Å²) in [6.07, 6.45) is 0. The van der Waals surface area contributed by atoms with Crippen molar-refractivity contribution in [1.29, 1.82) is 0 Å². The van der Waals surface area contributed by atoms with Gasteiger partial charge in [-0.25, -0.2) is 13.2 Å². The van der Waals surface area contributed by atoms with Crippen LogP contribution in [-0.4, -0.2) is 5.91 Å². The fourth-order valence-electron chi connectivity index (χ4n) is 1.65. The number of carbonyl (C=O) groups excluding carboxylic acids is 1. The van der Waals surface area contributed by atoms with E-state index in [-0.39, 0.29) is 11.4 Å². The fraction of sp³-hybridized carbons (Fsp3) is 0.0714. The lowest BCUT2D eigenvalue weighted by atomic mass is 10.1. The number of carbonyl (C=O) groups is 1. The zero-order chi connectivity index (χ0) is 14.9. The van der Waals surface area contributed by atoms with Crippen LogP contribution < -0.4 is 11.1 Å². The van der Waals surface area contributed by atoms with Crippen molar-refractivity contribution in [1.82, 2.24) is 0 Å². The van der Waals surface area contributed by atoms with Crippen molar-refractivity contribution in [2.24, 2.45) is 0 Å². The summed E-state index contributed by atoms with van der Waals surface area (Å²) in [4.78, 5) is 11.8. The van der Waals surface area contributed by atoms with Crippen LogP contribution in [0, 0.1) is 24.4 Å². The van der Waals surface area contributed by atoms with Crippen LogP contribution in [0.25, 0.3) is 0 Å². The number of hydrogen-bond donors (Lipinski definition) is 2. The lowest BCUT2D eigenvalue weighted by molar-refractivity contribution is 0.102. The molecule has 6 heteroatoms. The molecule has 0 heterocycles. The zero-order valence-corrected chi connectivity index (χ0v) is 10.5. The van der Waals surface area contributed by atoms with Crippen molar-refractivity contribution in [3.63, 3.8) is 0 Å². The Morgan fingerprint density at radius 3 is 2.40 bits per heavy atom. The van der Waals surface area contributed by atoms with Crippen molar-refractivity contribution in [2.75, 3.05) is 11.1 Å². The summed E-state index contributed by atoms with van der Waals surface area (Å²) in [5.41, 5.74) is 5.04. The standard InChI is InChI=1S/C14H11F3N2O/c1-7-2-3-13(11(17)4-7)19-14(20)8-5-12(18)10(16)6-9(8)15/h2-6H,18H2,1H3,(H,19,20). The Morgan fingerprint density at radius 2 is 1.75 bits per heavy atom. The largest absolute Gasteiger partial charge is 0.396 e. The smallest absolute Gasteiger partial charge is 0.258 e. The Balaban J connectivity index is 2.31. The number of anilines is 2. The molecule has 20 heavy (non-hydrogen) atoms. The summed E-state index contributed by atoms with van der Waals surface area (Å²) >= 11 is 0. The second-order valence-corrected chi connectivity index (χ2v) is 4.29. The molecule has 0 spiro atoms. The first kappa shape index (κ1) is 13.9. The van der Waals surface area contributed by atoms with Crippen molar-refractivity contribution < 1.29 is 18.0 Å². The van der Waals surface area contributed by atoms with Gasteiger partial charge in [0, 0.05) is 6.07 Å². The Morgan fingerprint density at radius 1 is 1.05 bits per heavy atom. The van der Waals surface area contributed by atoms with Crippen LogP contribution in [0.3, 0.4) is 0 Å². The maximum atomic E-state index is 13.6. The molecule has 0 aliphatic carbocycles. The summed E-state index contributed by atoms with van der Waals surface area (Å²) < 4.78 is 40.1. The van der Waals surface area contributed by atoms with Gasteiger partial charge in [-0.2, -0.15) is 0 Å². The lowest BCUT2D eigenvalue weighted by Gasteiger charge is -2.08. The molecular weight excluding hydrogens is 269 g/mol. The second-order valence-electron chi connectivity index (χ2n) is 4.29. The van der Waals surface area contributed by atoms with Gasteiger partial charge >= 0.3 is 0 Å². The van der Waals surface area contributed by atoms with Crippen LogP contribution in [0.2, 0.25) is 0 Å². The third-order valence-electron chi connectivity index (χ3n) is 2.70. The quantitative estimate of drug-likeness (QED) is 0.830. The number of nitrogen functional groups attached to an aromatic ring is 1. The number of nitrogens with one attached hydrogen (secondary N) is 1. The molecule has 0 aliphatic rings. The average molecular weight is 280 g/mol. The van der Waals surface area contributed by atoms with E-state index in [2.05, 4.69) is 5.32 Å². The highest BCUT2D eigenvalue weighted by Crippen LogP contribution is 2.20. The normalized spacial score (nSPS) is 10.4. The van der Waals surface area contributed by atoms with E-state index in [1.54, 1.807) is 13.0 Å². The van der Waals surface area contributed by atoms with Crippen LogP contribution in [0.15, 0.2) is 30.3 Å². The predicted octanol–water partition coefficient (Wildman–Crippen LogP) is 3.25. The molecule has 2 aromatic carbocycles. The Labute approximate surface area is 113 Å². The molecule has 0 fully saturated rings. The average Bonchev–Trinajstić information content (AvgIpc) is 2.37. The zero-order valence-electron chi connectivity index (χ0n) is 10.5. The predicted molar refractivity (Wildman–Crippen MR) is 69.9 cm³/mol. The number of hydrogen-bond acceptors (Lipinski definition) is 2. The minimum atomic E-state index is -1.07. The highest BCUT2D eigenvalue weighted by molar-refractivity contribution is 6.05. The van der Waals surface area contributed by atoms with E-state index in [1.807, 2.05) is 0 Å². The molecule has 3 N–H and O–H groups in total. The van der Waals surface area contributed by atoms with Crippen LogP contribution in [0.1, 0.15) is 15.9 Å². The van der Waals surface area contributed by atoms with E-state index >= 15 is 0 Å². The highest BCUT2D eigenvalue weighted by Gasteiger charge is 2.16. The molecular formula is C14H11F3N2O. The van der Waals surface area contributed by atoms with Gasteiger partial charge in [-0.05, 0) is 30.7 Å². The summed E-state index contributed by atoms with van der Waals surface area (Å²) in [5.74, 6) is -3.58. The van der Waals surface area contributed by atoms with Crippen LogP contribution in [0.5, 0.6) is 0 Å². The van der Waals surface area contributed by atoms with Gasteiger partial charge < -0.3 is 11.1 Å². The summed E-state index contributed by atoms with van der Waals surface area (Å²) in [6, 6.07) is 5.55. The number of benzene rings is 2.